The van der Waals surface area contributed by atoms with Gasteiger partial charge in [-0.25, -0.2) is 13.2 Å². The van der Waals surface area contributed by atoms with Gasteiger partial charge in [0.25, 0.3) is 0 Å². The minimum atomic E-state index is -3.84. The first kappa shape index (κ1) is 14.3. The van der Waals surface area contributed by atoms with Crippen LogP contribution in [0, 0.1) is 13.8 Å². The lowest BCUT2D eigenvalue weighted by Gasteiger charge is -2.08. The second-order valence-corrected chi connectivity index (χ2v) is 6.37. The van der Waals surface area contributed by atoms with Crippen LogP contribution in [0.15, 0.2) is 27.5 Å². The Bertz CT molecular complexity index is 788. The second-order valence-electron chi connectivity index (χ2n) is 4.27. The molecule has 0 aliphatic carbocycles. The first-order valence-corrected chi connectivity index (χ1v) is 7.53. The van der Waals surface area contributed by atoms with Crippen LogP contribution in [-0.2, 0) is 10.0 Å². The van der Waals surface area contributed by atoms with Gasteiger partial charge < -0.3 is 4.74 Å². The van der Waals surface area contributed by atoms with Gasteiger partial charge in [0.05, 0.1) is 5.75 Å². The number of rotatable bonds is 4. The minimum Gasteiger partial charge on any atom is -0.422 e. The second kappa shape index (κ2) is 5.12. The average Bonchev–Trinajstić information content (AvgIpc) is 2.76. The van der Waals surface area contributed by atoms with E-state index in [1.807, 2.05) is 19.1 Å². The molecule has 0 spiro atoms. The molecule has 0 aliphatic rings. The summed E-state index contributed by atoms with van der Waals surface area (Å²) in [5, 5.41) is 3.37. The fraction of sp³-hybridized carbons (Fsp3) is 0.333. The summed E-state index contributed by atoms with van der Waals surface area (Å²) in [4.78, 5) is 11.5. The van der Waals surface area contributed by atoms with Crippen LogP contribution in [0.25, 0.3) is 0 Å². The Hall–Kier alpha value is -2.09. The summed E-state index contributed by atoms with van der Waals surface area (Å²) in [6.07, 6.45) is 0. The van der Waals surface area contributed by atoms with Crippen LogP contribution in [0.2, 0.25) is 0 Å². The van der Waals surface area contributed by atoms with Crippen LogP contribution >= 0.6 is 0 Å². The topological polar surface area (TPSA) is 91.4 Å². The highest BCUT2D eigenvalue weighted by atomic mass is 32.2. The molecule has 0 bridgehead atoms. The zero-order valence-electron chi connectivity index (χ0n) is 11.3. The third-order valence-electron chi connectivity index (χ3n) is 2.73. The summed E-state index contributed by atoms with van der Waals surface area (Å²) in [6.45, 7) is 5.08. The zero-order valence-corrected chi connectivity index (χ0v) is 12.1. The molecule has 20 heavy (non-hydrogen) atoms. The summed E-state index contributed by atoms with van der Waals surface area (Å²) in [7, 11) is -3.84. The van der Waals surface area contributed by atoms with Gasteiger partial charge in [-0.3, -0.25) is 4.52 Å². The largest absolute Gasteiger partial charge is 0.458 e. The van der Waals surface area contributed by atoms with E-state index in [1.54, 1.807) is 13.0 Å². The molecule has 0 unspecified atom stereocenters. The van der Waals surface area contributed by atoms with Crippen molar-refractivity contribution >= 4 is 10.0 Å². The standard InChI is InChI=1S/C12H14N2O5S/c1-4-20(16,17)14-11(13-19-12(14)15)18-10-7-8(2)5-6-9(10)3/h5-7H,4H2,1-3H3. The van der Waals surface area contributed by atoms with Crippen LogP contribution in [-0.4, -0.2) is 23.3 Å². The lowest BCUT2D eigenvalue weighted by atomic mass is 10.1. The van der Waals surface area contributed by atoms with Crippen LogP contribution in [0.4, 0.5) is 0 Å². The van der Waals surface area contributed by atoms with E-state index in [4.69, 9.17) is 4.74 Å². The zero-order chi connectivity index (χ0) is 14.9. The monoisotopic (exact) mass is 298 g/mol. The van der Waals surface area contributed by atoms with Gasteiger partial charge in [-0.2, -0.15) is 0 Å². The number of hydrogen-bond acceptors (Lipinski definition) is 6. The maximum absolute atomic E-state index is 11.8. The van der Waals surface area contributed by atoms with E-state index >= 15 is 0 Å². The average molecular weight is 298 g/mol. The van der Waals surface area contributed by atoms with Crippen molar-refractivity contribution in [3.05, 3.63) is 39.9 Å². The van der Waals surface area contributed by atoms with E-state index in [2.05, 4.69) is 9.68 Å². The summed E-state index contributed by atoms with van der Waals surface area (Å²) in [5.74, 6) is -0.942. The van der Waals surface area contributed by atoms with Gasteiger partial charge in [0.2, 0.25) is 10.0 Å². The summed E-state index contributed by atoms with van der Waals surface area (Å²) >= 11 is 0. The Kier molecular flexibility index (Phi) is 3.67. The molecule has 108 valence electrons. The molecule has 0 amide bonds. The summed E-state index contributed by atoms with van der Waals surface area (Å²) in [6, 6.07) is 5.03. The predicted molar refractivity (Wildman–Crippen MR) is 71.6 cm³/mol. The molecule has 0 saturated carbocycles. The van der Waals surface area contributed by atoms with E-state index in [0.29, 0.717) is 9.72 Å². The minimum absolute atomic E-state index is 0.267. The van der Waals surface area contributed by atoms with Crippen LogP contribution < -0.4 is 10.5 Å². The Labute approximate surface area is 115 Å². The summed E-state index contributed by atoms with van der Waals surface area (Å²) in [5.41, 5.74) is 1.72. The van der Waals surface area contributed by atoms with Crippen LogP contribution in [0.3, 0.4) is 0 Å². The molecule has 8 heteroatoms. The third-order valence-corrected chi connectivity index (χ3v) is 4.32. The van der Waals surface area contributed by atoms with Crippen molar-refractivity contribution in [1.29, 1.82) is 0 Å². The molecule has 1 aromatic heterocycles. The number of aryl methyl sites for hydroxylation is 2. The van der Waals surface area contributed by atoms with Gasteiger partial charge in [0, 0.05) is 0 Å². The molecule has 2 rings (SSSR count). The SMILES string of the molecule is CCS(=O)(=O)n1c(Oc2cc(C)ccc2C)noc1=O. The molecule has 0 fully saturated rings. The smallest absolute Gasteiger partial charge is 0.422 e. The van der Waals surface area contributed by atoms with Gasteiger partial charge in [0.15, 0.2) is 0 Å². The summed E-state index contributed by atoms with van der Waals surface area (Å²) < 4.78 is 33.9. The first-order valence-electron chi connectivity index (χ1n) is 5.92. The quantitative estimate of drug-likeness (QED) is 0.848. The fourth-order valence-electron chi connectivity index (χ4n) is 1.57. The maximum Gasteiger partial charge on any atom is 0.458 e. The molecule has 0 radical (unpaired) electrons. The highest BCUT2D eigenvalue weighted by Gasteiger charge is 2.24. The van der Waals surface area contributed by atoms with Crippen LogP contribution in [0.1, 0.15) is 18.1 Å². The van der Waals surface area contributed by atoms with Gasteiger partial charge in [-0.1, -0.05) is 12.1 Å². The van der Waals surface area contributed by atoms with Gasteiger partial charge in [-0.15, -0.1) is 3.97 Å². The predicted octanol–water partition coefficient (Wildman–Crippen LogP) is 1.44. The number of nitrogens with zero attached hydrogens (tertiary/aromatic N) is 2. The van der Waals surface area contributed by atoms with Crippen LogP contribution in [0.5, 0.6) is 11.8 Å². The third kappa shape index (κ3) is 2.60. The Morgan fingerprint density at radius 1 is 1.35 bits per heavy atom. The number of aromatic nitrogens is 2. The number of benzene rings is 1. The van der Waals surface area contributed by atoms with Crippen molar-refractivity contribution < 1.29 is 17.7 Å². The first-order chi connectivity index (χ1) is 9.35. The van der Waals surface area contributed by atoms with E-state index in [-0.39, 0.29) is 5.75 Å². The molecule has 1 heterocycles. The van der Waals surface area contributed by atoms with E-state index in [1.165, 1.54) is 6.92 Å². The highest BCUT2D eigenvalue weighted by molar-refractivity contribution is 7.89. The van der Waals surface area contributed by atoms with Gasteiger partial charge in [-0.05, 0) is 43.1 Å². The van der Waals surface area contributed by atoms with Crippen molar-refractivity contribution in [1.82, 2.24) is 9.13 Å². The van der Waals surface area contributed by atoms with Crippen molar-refractivity contribution in [3.8, 4) is 11.8 Å². The van der Waals surface area contributed by atoms with E-state index in [0.717, 1.165) is 11.1 Å². The maximum atomic E-state index is 11.8. The molecular formula is C12H14N2O5S. The van der Waals surface area contributed by atoms with Crippen molar-refractivity contribution in [3.63, 3.8) is 0 Å². The van der Waals surface area contributed by atoms with Crippen molar-refractivity contribution in [2.24, 2.45) is 0 Å². The van der Waals surface area contributed by atoms with Crippen molar-refractivity contribution in [2.75, 3.05) is 5.75 Å². The molecule has 1 aromatic carbocycles. The van der Waals surface area contributed by atoms with Crippen molar-refractivity contribution in [2.45, 2.75) is 20.8 Å². The fourth-order valence-corrected chi connectivity index (χ4v) is 2.39. The molecule has 2 aromatic rings. The lowest BCUT2D eigenvalue weighted by molar-refractivity contribution is 0.350. The molecule has 0 N–H and O–H groups in total. The molecule has 0 aliphatic heterocycles. The van der Waals surface area contributed by atoms with E-state index in [9.17, 15) is 13.2 Å². The van der Waals surface area contributed by atoms with Gasteiger partial charge in [0.1, 0.15) is 5.75 Å². The Balaban J connectivity index is 2.51. The molecule has 0 atom stereocenters. The number of hydrogen-bond donors (Lipinski definition) is 0. The highest BCUT2D eigenvalue weighted by Crippen LogP contribution is 2.24. The van der Waals surface area contributed by atoms with Gasteiger partial charge >= 0.3 is 11.8 Å². The van der Waals surface area contributed by atoms with E-state index < -0.39 is 21.8 Å². The molecule has 0 saturated heterocycles. The number of ether oxygens (including phenoxy) is 1. The molecule has 7 nitrogen and oxygen atoms in total. The lowest BCUT2D eigenvalue weighted by Crippen LogP contribution is -2.25. The normalized spacial score (nSPS) is 11.6. The molecular weight excluding hydrogens is 284 g/mol. The Morgan fingerprint density at radius 2 is 2.05 bits per heavy atom. The Morgan fingerprint density at radius 3 is 2.70 bits per heavy atom.